The molecule has 158 valence electrons. The maximum absolute atomic E-state index is 10.5. The lowest BCUT2D eigenvalue weighted by atomic mass is 10.1. The Labute approximate surface area is 176 Å². The van der Waals surface area contributed by atoms with Crippen molar-refractivity contribution in [1.29, 1.82) is 0 Å². The molecule has 11 nitrogen and oxygen atoms in total. The third-order valence-corrected chi connectivity index (χ3v) is 5.77. The molecule has 1 saturated heterocycles. The molecule has 0 aromatic carbocycles. The summed E-state index contributed by atoms with van der Waals surface area (Å²) in [5, 5.41) is 24.1. The molecule has 1 fully saturated rings. The van der Waals surface area contributed by atoms with Gasteiger partial charge < -0.3 is 30.6 Å². The van der Waals surface area contributed by atoms with Gasteiger partial charge in [-0.05, 0) is 6.07 Å². The predicted octanol–water partition coefficient (Wildman–Crippen LogP) is 0.0467. The Morgan fingerprint density at radius 3 is 2.90 bits per heavy atom. The third-order valence-electron chi connectivity index (χ3n) is 4.76. The molecular weight excluding hydrogens is 408 g/mol. The summed E-state index contributed by atoms with van der Waals surface area (Å²) in [7, 11) is 0. The van der Waals surface area contributed by atoms with Crippen molar-refractivity contribution in [2.24, 2.45) is 0 Å². The maximum Gasteiger partial charge on any atom is 0.165 e. The van der Waals surface area contributed by atoms with Crippen LogP contribution in [0, 0.1) is 0 Å². The lowest BCUT2D eigenvalue weighted by molar-refractivity contribution is 0.0115. The van der Waals surface area contributed by atoms with Crippen molar-refractivity contribution in [2.45, 2.75) is 31.0 Å². The van der Waals surface area contributed by atoms with E-state index in [4.69, 9.17) is 10.5 Å². The number of hydrogen-bond acceptors (Lipinski definition) is 11. The molecule has 4 heterocycles. The zero-order valence-electron chi connectivity index (χ0n) is 16.0. The normalized spacial score (nSPS) is 23.7. The number of aromatic nitrogens is 6. The number of nitrogens with one attached hydrogen (secondary N) is 1. The molecule has 0 radical (unpaired) electrons. The highest BCUT2D eigenvalue weighted by Crippen LogP contribution is 2.32. The molecule has 5 N–H and O–H groups in total. The topological polar surface area (TPSA) is 157 Å². The molecule has 0 bridgehead atoms. The minimum Gasteiger partial charge on any atom is -0.388 e. The number of anilines is 2. The van der Waals surface area contributed by atoms with Gasteiger partial charge in [0.1, 0.15) is 48.4 Å². The second kappa shape index (κ2) is 8.92. The number of fused-ring (bicyclic) bond motifs is 1. The molecule has 1 aliphatic heterocycles. The fourth-order valence-corrected chi connectivity index (χ4v) is 4.06. The van der Waals surface area contributed by atoms with Crippen LogP contribution in [-0.4, -0.2) is 76.4 Å². The largest absolute Gasteiger partial charge is 0.388 e. The van der Waals surface area contributed by atoms with Gasteiger partial charge in [-0.25, -0.2) is 24.9 Å². The summed E-state index contributed by atoms with van der Waals surface area (Å²) in [4.78, 5) is 20.9. The van der Waals surface area contributed by atoms with Gasteiger partial charge in [-0.1, -0.05) is 6.58 Å². The van der Waals surface area contributed by atoms with E-state index in [0.717, 1.165) is 5.82 Å². The molecule has 1 aliphatic rings. The number of nitrogen functional groups attached to an aromatic ring is 1. The van der Waals surface area contributed by atoms with E-state index in [2.05, 4.69) is 36.8 Å². The second-order valence-corrected chi connectivity index (χ2v) is 7.96. The van der Waals surface area contributed by atoms with E-state index in [1.54, 1.807) is 23.2 Å². The van der Waals surface area contributed by atoms with Crippen molar-refractivity contribution >= 4 is 34.6 Å². The Kier molecular flexibility index (Phi) is 6.08. The minimum absolute atomic E-state index is 0.259. The molecule has 0 spiro atoms. The molecule has 0 aliphatic carbocycles. The SMILES string of the molecule is C=C(SCCNc1ccncn1)C1OC(Cn2cnc3c(N)ncnc32)C(O)C1O. The summed E-state index contributed by atoms with van der Waals surface area (Å²) >= 11 is 1.46. The van der Waals surface area contributed by atoms with Crippen LogP contribution in [0.1, 0.15) is 0 Å². The van der Waals surface area contributed by atoms with Crippen LogP contribution in [0.3, 0.4) is 0 Å². The fraction of sp³-hybridized carbons (Fsp3) is 0.389. The smallest absolute Gasteiger partial charge is 0.165 e. The Balaban J connectivity index is 1.33. The van der Waals surface area contributed by atoms with Crippen molar-refractivity contribution in [3.63, 3.8) is 0 Å². The quantitative estimate of drug-likeness (QED) is 0.358. The van der Waals surface area contributed by atoms with Crippen LogP contribution in [0.4, 0.5) is 11.6 Å². The molecular formula is C18H22N8O3S. The lowest BCUT2D eigenvalue weighted by Crippen LogP contribution is -2.34. The Bertz CT molecular complexity index is 1020. The summed E-state index contributed by atoms with van der Waals surface area (Å²) in [5.74, 6) is 1.71. The van der Waals surface area contributed by atoms with E-state index in [-0.39, 0.29) is 12.4 Å². The molecule has 4 unspecified atom stereocenters. The van der Waals surface area contributed by atoms with Crippen LogP contribution >= 0.6 is 11.8 Å². The van der Waals surface area contributed by atoms with E-state index < -0.39 is 24.4 Å². The van der Waals surface area contributed by atoms with E-state index in [9.17, 15) is 10.2 Å². The summed E-state index contributed by atoms with van der Waals surface area (Å²) < 4.78 is 7.65. The first kappa shape index (κ1) is 20.5. The van der Waals surface area contributed by atoms with Crippen LogP contribution in [-0.2, 0) is 11.3 Å². The van der Waals surface area contributed by atoms with Crippen LogP contribution in [0.5, 0.6) is 0 Å². The standard InChI is InChI=1S/C18H22N8O3S/c1-10(30-5-4-21-12-2-3-20-7-22-12)16-15(28)14(27)11(29-16)6-26-9-25-13-17(19)23-8-24-18(13)26/h2-3,7-9,11,14-16,27-28H,1,4-6H2,(H2,19,23,24)(H,20,21,22). The zero-order chi connectivity index (χ0) is 21.1. The third kappa shape index (κ3) is 4.21. The number of nitrogens with two attached hydrogens (primary N) is 1. The molecule has 30 heavy (non-hydrogen) atoms. The van der Waals surface area contributed by atoms with Crippen molar-refractivity contribution in [1.82, 2.24) is 29.5 Å². The first-order valence-electron chi connectivity index (χ1n) is 9.29. The molecule has 0 saturated carbocycles. The van der Waals surface area contributed by atoms with Crippen LogP contribution < -0.4 is 11.1 Å². The van der Waals surface area contributed by atoms with Gasteiger partial charge in [0.05, 0.1) is 12.9 Å². The monoisotopic (exact) mass is 430 g/mol. The number of nitrogens with zero attached hydrogens (tertiary/aromatic N) is 6. The van der Waals surface area contributed by atoms with Crippen molar-refractivity contribution in [2.75, 3.05) is 23.3 Å². The predicted molar refractivity (Wildman–Crippen MR) is 113 cm³/mol. The number of imidazole rings is 1. The van der Waals surface area contributed by atoms with Gasteiger partial charge in [0.2, 0.25) is 0 Å². The minimum atomic E-state index is -1.07. The van der Waals surface area contributed by atoms with Gasteiger partial charge in [-0.15, -0.1) is 11.8 Å². The highest BCUT2D eigenvalue weighted by molar-refractivity contribution is 8.03. The van der Waals surface area contributed by atoms with Crippen molar-refractivity contribution < 1.29 is 14.9 Å². The van der Waals surface area contributed by atoms with Gasteiger partial charge in [-0.3, -0.25) is 0 Å². The number of aliphatic hydroxyl groups excluding tert-OH is 2. The van der Waals surface area contributed by atoms with Gasteiger partial charge in [0.15, 0.2) is 11.5 Å². The average molecular weight is 430 g/mol. The average Bonchev–Trinajstić information content (AvgIpc) is 3.29. The molecule has 12 heteroatoms. The van der Waals surface area contributed by atoms with E-state index >= 15 is 0 Å². The molecule has 4 rings (SSSR count). The van der Waals surface area contributed by atoms with E-state index in [1.807, 2.05) is 0 Å². The number of aliphatic hydroxyl groups is 2. The first-order valence-corrected chi connectivity index (χ1v) is 10.3. The second-order valence-electron chi connectivity index (χ2n) is 6.74. The number of ether oxygens (including phenoxy) is 1. The Morgan fingerprint density at radius 2 is 2.10 bits per heavy atom. The summed E-state index contributed by atoms with van der Waals surface area (Å²) in [6.07, 6.45) is 2.60. The lowest BCUT2D eigenvalue weighted by Gasteiger charge is -2.17. The zero-order valence-corrected chi connectivity index (χ0v) is 16.8. The van der Waals surface area contributed by atoms with Gasteiger partial charge in [-0.2, -0.15) is 0 Å². The fourth-order valence-electron chi connectivity index (χ4n) is 3.23. The molecule has 3 aromatic heterocycles. The van der Waals surface area contributed by atoms with Crippen LogP contribution in [0.15, 0.2) is 42.7 Å². The Morgan fingerprint density at radius 1 is 1.23 bits per heavy atom. The summed E-state index contributed by atoms with van der Waals surface area (Å²) in [6, 6.07) is 1.78. The molecule has 3 aromatic rings. The van der Waals surface area contributed by atoms with E-state index in [1.165, 1.54) is 24.4 Å². The van der Waals surface area contributed by atoms with Gasteiger partial charge in [0.25, 0.3) is 0 Å². The molecule has 4 atom stereocenters. The Hall–Kier alpha value is -2.80. The van der Waals surface area contributed by atoms with Crippen LogP contribution in [0.25, 0.3) is 11.2 Å². The summed E-state index contributed by atoms with van der Waals surface area (Å²) in [5.41, 5.74) is 6.84. The maximum atomic E-state index is 10.5. The first-order chi connectivity index (χ1) is 14.5. The van der Waals surface area contributed by atoms with Crippen LogP contribution in [0.2, 0.25) is 0 Å². The van der Waals surface area contributed by atoms with Crippen molar-refractivity contribution in [3.05, 3.63) is 42.7 Å². The summed E-state index contributed by atoms with van der Waals surface area (Å²) in [6.45, 7) is 4.93. The number of rotatable bonds is 8. The van der Waals surface area contributed by atoms with Gasteiger partial charge in [0, 0.05) is 23.4 Å². The number of thioether (sulfide) groups is 1. The highest BCUT2D eigenvalue weighted by Gasteiger charge is 2.44. The van der Waals surface area contributed by atoms with Crippen molar-refractivity contribution in [3.8, 4) is 0 Å². The van der Waals surface area contributed by atoms with E-state index in [0.29, 0.717) is 28.4 Å². The number of hydrogen-bond donors (Lipinski definition) is 4. The van der Waals surface area contributed by atoms with Gasteiger partial charge >= 0.3 is 0 Å². The highest BCUT2D eigenvalue weighted by atomic mass is 32.2. The molecule has 0 amide bonds.